The van der Waals surface area contributed by atoms with Crippen LogP contribution < -0.4 is 10.6 Å². The second-order valence-corrected chi connectivity index (χ2v) is 10.2. The minimum atomic E-state index is -0.987. The molecule has 0 radical (unpaired) electrons. The highest BCUT2D eigenvalue weighted by Crippen LogP contribution is 2.47. The SMILES string of the molecule is CN(c1nnc(-c2ccc(-c3ncn(C)c(=O)n3)cc2O)s1)[C@@H]1C2CC[C@](C)([C@H]1F)N(C)C2. The molecule has 1 N–H and O–H groups in total. The summed E-state index contributed by atoms with van der Waals surface area (Å²) in [5, 5.41) is 20.4. The van der Waals surface area contributed by atoms with Crippen molar-refractivity contribution in [2.75, 3.05) is 25.5 Å². The first kappa shape index (κ1) is 21.9. The molecule has 3 fully saturated rings. The number of phenols is 1. The van der Waals surface area contributed by atoms with Crippen LogP contribution in [0.25, 0.3) is 22.0 Å². The van der Waals surface area contributed by atoms with Crippen molar-refractivity contribution in [2.24, 2.45) is 13.0 Å². The molecule has 2 aromatic heterocycles. The molecule has 2 bridgehead atoms. The van der Waals surface area contributed by atoms with Gasteiger partial charge in [-0.15, -0.1) is 10.2 Å². The Bertz CT molecular complexity index is 1260. The van der Waals surface area contributed by atoms with E-state index in [1.807, 2.05) is 25.9 Å². The maximum atomic E-state index is 15.6. The van der Waals surface area contributed by atoms with Crippen LogP contribution in [-0.2, 0) is 7.05 Å². The van der Waals surface area contributed by atoms with Gasteiger partial charge in [-0.3, -0.25) is 9.47 Å². The highest BCUT2D eigenvalue weighted by Gasteiger charge is 2.56. The third-order valence-corrected chi connectivity index (χ3v) is 8.33. The number of hydrogen-bond donors (Lipinski definition) is 1. The molecule has 2 saturated heterocycles. The summed E-state index contributed by atoms with van der Waals surface area (Å²) in [6.07, 6.45) is 2.25. The zero-order valence-electron chi connectivity index (χ0n) is 18.9. The van der Waals surface area contributed by atoms with Gasteiger partial charge in [-0.05, 0) is 44.9 Å². The molecule has 1 saturated carbocycles. The Morgan fingerprint density at radius 1 is 1.30 bits per heavy atom. The van der Waals surface area contributed by atoms with Crippen molar-refractivity contribution in [2.45, 2.75) is 37.5 Å². The largest absolute Gasteiger partial charge is 0.507 e. The van der Waals surface area contributed by atoms with Crippen LogP contribution in [0.2, 0.25) is 0 Å². The Labute approximate surface area is 194 Å². The Kier molecular flexibility index (Phi) is 5.20. The topological polar surface area (TPSA) is 100 Å². The number of anilines is 1. The van der Waals surface area contributed by atoms with E-state index in [-0.39, 0.29) is 23.5 Å². The van der Waals surface area contributed by atoms with E-state index in [1.165, 1.54) is 28.3 Å². The maximum absolute atomic E-state index is 15.6. The molecule has 1 aromatic carbocycles. The molecule has 33 heavy (non-hydrogen) atoms. The Morgan fingerprint density at radius 2 is 2.09 bits per heavy atom. The van der Waals surface area contributed by atoms with Gasteiger partial charge in [0.2, 0.25) is 5.13 Å². The molecule has 2 aliphatic heterocycles. The number of aromatic nitrogens is 5. The van der Waals surface area contributed by atoms with Crippen LogP contribution in [0.4, 0.5) is 9.52 Å². The highest BCUT2D eigenvalue weighted by molar-refractivity contribution is 7.18. The molecule has 4 heterocycles. The van der Waals surface area contributed by atoms with E-state index in [4.69, 9.17) is 0 Å². The monoisotopic (exact) mass is 471 g/mol. The van der Waals surface area contributed by atoms with Crippen molar-refractivity contribution in [3.63, 3.8) is 0 Å². The van der Waals surface area contributed by atoms with Gasteiger partial charge in [-0.25, -0.2) is 14.2 Å². The normalized spacial score (nSPS) is 27.1. The lowest BCUT2D eigenvalue weighted by Crippen LogP contribution is -2.70. The average molecular weight is 472 g/mol. The zero-order valence-corrected chi connectivity index (χ0v) is 19.8. The fraction of sp³-hybridized carbons (Fsp3) is 0.500. The standard InChI is InChI=1S/C22H26FN7O2S/c1-22-8-7-13(10-29(22)3)16(17(22)23)30(4)21-27-26-19(33-21)14-6-5-12(9-15(14)31)18-24-11-28(2)20(32)25-18/h5-6,9,11,13,16-17,31H,7-8,10H2,1-4H3/t13?,16-,17+,22-/m1/s1. The zero-order chi connectivity index (χ0) is 23.5. The number of fused-ring (bicyclic) bond motifs is 3. The smallest absolute Gasteiger partial charge is 0.350 e. The molecular weight excluding hydrogens is 445 g/mol. The lowest BCUT2D eigenvalue weighted by atomic mass is 9.67. The average Bonchev–Trinajstić information content (AvgIpc) is 3.27. The number of rotatable bonds is 4. The number of alkyl halides is 1. The van der Waals surface area contributed by atoms with Crippen molar-refractivity contribution in [1.29, 1.82) is 0 Å². The van der Waals surface area contributed by atoms with Crippen LogP contribution in [0, 0.1) is 5.92 Å². The Hall–Kier alpha value is -2.92. The van der Waals surface area contributed by atoms with E-state index in [0.717, 1.165) is 19.4 Å². The molecule has 6 rings (SSSR count). The molecule has 174 valence electrons. The van der Waals surface area contributed by atoms with Gasteiger partial charge in [-0.1, -0.05) is 17.4 Å². The predicted molar refractivity (Wildman–Crippen MR) is 124 cm³/mol. The molecule has 3 aromatic rings. The van der Waals surface area contributed by atoms with Crippen molar-refractivity contribution in [3.8, 4) is 27.7 Å². The van der Waals surface area contributed by atoms with E-state index >= 15 is 4.39 Å². The first-order valence-electron chi connectivity index (χ1n) is 10.8. The van der Waals surface area contributed by atoms with Crippen LogP contribution in [0.3, 0.4) is 0 Å². The lowest BCUT2D eigenvalue weighted by Gasteiger charge is -2.58. The summed E-state index contributed by atoms with van der Waals surface area (Å²) in [4.78, 5) is 23.9. The van der Waals surface area contributed by atoms with Gasteiger partial charge in [0.15, 0.2) is 10.8 Å². The predicted octanol–water partition coefficient (Wildman–Crippen LogP) is 2.32. The first-order valence-corrected chi connectivity index (χ1v) is 11.7. The van der Waals surface area contributed by atoms with Gasteiger partial charge in [-0.2, -0.15) is 4.98 Å². The van der Waals surface area contributed by atoms with Gasteiger partial charge in [0.05, 0.1) is 17.1 Å². The second kappa shape index (κ2) is 7.84. The van der Waals surface area contributed by atoms with E-state index in [0.29, 0.717) is 21.3 Å². The number of hydrogen-bond acceptors (Lipinski definition) is 9. The van der Waals surface area contributed by atoms with Gasteiger partial charge in [0.25, 0.3) is 0 Å². The third kappa shape index (κ3) is 3.50. The van der Waals surface area contributed by atoms with Crippen LogP contribution >= 0.6 is 11.3 Å². The van der Waals surface area contributed by atoms with Gasteiger partial charge < -0.3 is 10.0 Å². The van der Waals surface area contributed by atoms with Gasteiger partial charge in [0.1, 0.15) is 18.2 Å². The Balaban J connectivity index is 1.41. The summed E-state index contributed by atoms with van der Waals surface area (Å²) in [6.45, 7) is 2.87. The molecule has 3 aliphatic rings. The van der Waals surface area contributed by atoms with Gasteiger partial charge >= 0.3 is 5.69 Å². The lowest BCUT2D eigenvalue weighted by molar-refractivity contribution is -0.0814. The summed E-state index contributed by atoms with van der Waals surface area (Å²) in [5.74, 6) is 0.448. The van der Waals surface area contributed by atoms with Crippen molar-refractivity contribution in [1.82, 2.24) is 29.6 Å². The van der Waals surface area contributed by atoms with E-state index in [1.54, 1.807) is 19.2 Å². The maximum Gasteiger partial charge on any atom is 0.350 e. The number of aromatic hydroxyl groups is 1. The van der Waals surface area contributed by atoms with Crippen molar-refractivity contribution in [3.05, 3.63) is 35.0 Å². The number of benzene rings is 1. The van der Waals surface area contributed by atoms with Crippen LogP contribution in [-0.4, -0.2) is 73.1 Å². The molecule has 11 heteroatoms. The summed E-state index contributed by atoms with van der Waals surface area (Å²) in [6, 6.07) is 4.67. The van der Waals surface area contributed by atoms with E-state index in [2.05, 4.69) is 25.1 Å². The minimum absolute atomic E-state index is 0.0173. The van der Waals surface area contributed by atoms with Crippen molar-refractivity contribution >= 4 is 16.5 Å². The number of aryl methyl sites for hydroxylation is 1. The first-order chi connectivity index (χ1) is 15.7. The number of piperidine rings is 2. The fourth-order valence-corrected chi connectivity index (χ4v) is 5.93. The number of phenolic OH excluding ortho intramolecular Hbond substituents is 1. The number of nitrogens with zero attached hydrogens (tertiary/aromatic N) is 7. The molecule has 0 amide bonds. The number of halogens is 1. The third-order valence-electron chi connectivity index (χ3n) is 7.28. The molecular formula is C22H26FN7O2S. The summed E-state index contributed by atoms with van der Waals surface area (Å²) >= 11 is 1.32. The molecule has 1 aliphatic carbocycles. The molecule has 0 spiro atoms. The Morgan fingerprint density at radius 3 is 2.79 bits per heavy atom. The molecule has 4 atom stereocenters. The highest BCUT2D eigenvalue weighted by atomic mass is 32.1. The molecule has 1 unspecified atom stereocenters. The minimum Gasteiger partial charge on any atom is -0.507 e. The van der Waals surface area contributed by atoms with E-state index < -0.39 is 17.4 Å². The van der Waals surface area contributed by atoms with Crippen molar-refractivity contribution < 1.29 is 9.50 Å². The van der Waals surface area contributed by atoms with Gasteiger partial charge in [0, 0.05) is 26.2 Å². The molecule has 9 nitrogen and oxygen atoms in total. The fourth-order valence-electron chi connectivity index (χ4n) is 5.04. The van der Waals surface area contributed by atoms with Crippen LogP contribution in [0.15, 0.2) is 29.3 Å². The second-order valence-electron chi connectivity index (χ2n) is 9.23. The summed E-state index contributed by atoms with van der Waals surface area (Å²) in [5.41, 5.74) is 0.138. The van der Waals surface area contributed by atoms with Crippen LogP contribution in [0.5, 0.6) is 5.75 Å². The summed E-state index contributed by atoms with van der Waals surface area (Å²) in [7, 11) is 5.45. The van der Waals surface area contributed by atoms with Crippen LogP contribution in [0.1, 0.15) is 19.8 Å². The quantitative estimate of drug-likeness (QED) is 0.619. The summed E-state index contributed by atoms with van der Waals surface area (Å²) < 4.78 is 16.8. The van der Waals surface area contributed by atoms with E-state index in [9.17, 15) is 9.90 Å².